The monoisotopic (exact) mass is 292 g/mol. The minimum Gasteiger partial charge on any atom is -0.331 e. The van der Waals surface area contributed by atoms with E-state index in [1.807, 2.05) is 12.5 Å². The van der Waals surface area contributed by atoms with Gasteiger partial charge in [0.15, 0.2) is 0 Å². The maximum atomic E-state index is 4.30. The van der Waals surface area contributed by atoms with Crippen LogP contribution in [0.2, 0.25) is 0 Å². The van der Waals surface area contributed by atoms with Gasteiger partial charge in [0.05, 0.1) is 12.0 Å². The highest BCUT2D eigenvalue weighted by Gasteiger charge is 2.24. The Morgan fingerprint density at radius 1 is 1.33 bits per heavy atom. The molecule has 1 saturated heterocycles. The second-order valence-electron chi connectivity index (χ2n) is 7.39. The van der Waals surface area contributed by atoms with Gasteiger partial charge in [-0.05, 0) is 45.7 Å². The molecule has 0 bridgehead atoms. The summed E-state index contributed by atoms with van der Waals surface area (Å²) in [5, 5.41) is 0. The van der Waals surface area contributed by atoms with Crippen molar-refractivity contribution in [1.82, 2.24) is 19.4 Å². The zero-order valence-electron chi connectivity index (χ0n) is 14.4. The third-order valence-corrected chi connectivity index (χ3v) is 4.30. The van der Waals surface area contributed by atoms with Gasteiger partial charge in [-0.25, -0.2) is 4.98 Å². The van der Waals surface area contributed by atoms with Gasteiger partial charge >= 0.3 is 0 Å². The van der Waals surface area contributed by atoms with Gasteiger partial charge in [0.25, 0.3) is 0 Å². The van der Waals surface area contributed by atoms with E-state index in [2.05, 4.69) is 54.1 Å². The van der Waals surface area contributed by atoms with Crippen molar-refractivity contribution in [2.75, 3.05) is 33.2 Å². The summed E-state index contributed by atoms with van der Waals surface area (Å²) >= 11 is 0. The summed E-state index contributed by atoms with van der Waals surface area (Å²) in [6, 6.07) is 0.490. The number of rotatable bonds is 7. The average molecular weight is 292 g/mol. The van der Waals surface area contributed by atoms with Crippen LogP contribution in [-0.2, 0) is 6.54 Å². The molecule has 2 heterocycles. The van der Waals surface area contributed by atoms with Gasteiger partial charge in [-0.15, -0.1) is 0 Å². The van der Waals surface area contributed by atoms with Gasteiger partial charge in [0.1, 0.15) is 0 Å². The standard InChI is InChI=1S/C17H32N4/c1-14(2)9-20-7-6-16(11-20)10-19(5)12-17-8-18-13-21(17)15(3)4/h8,13-16H,6-7,9-12H2,1-5H3/t16-/m1/s1. The van der Waals surface area contributed by atoms with Crippen LogP contribution in [0, 0.1) is 11.8 Å². The van der Waals surface area contributed by atoms with Crippen LogP contribution >= 0.6 is 0 Å². The maximum Gasteiger partial charge on any atom is 0.0951 e. The molecule has 0 amide bonds. The Kier molecular flexibility index (Phi) is 5.82. The maximum absolute atomic E-state index is 4.30. The van der Waals surface area contributed by atoms with Gasteiger partial charge < -0.3 is 14.4 Å². The summed E-state index contributed by atoms with van der Waals surface area (Å²) in [6.07, 6.45) is 5.31. The molecule has 1 aliphatic rings. The molecule has 120 valence electrons. The molecule has 0 unspecified atom stereocenters. The Hall–Kier alpha value is -0.870. The fourth-order valence-electron chi connectivity index (χ4n) is 3.45. The van der Waals surface area contributed by atoms with E-state index in [1.54, 1.807) is 0 Å². The number of aromatic nitrogens is 2. The van der Waals surface area contributed by atoms with E-state index in [0.717, 1.165) is 18.4 Å². The number of nitrogens with zero attached hydrogens (tertiary/aromatic N) is 4. The molecule has 1 aromatic heterocycles. The molecular formula is C17H32N4. The second-order valence-corrected chi connectivity index (χ2v) is 7.39. The minimum absolute atomic E-state index is 0.490. The molecule has 21 heavy (non-hydrogen) atoms. The van der Waals surface area contributed by atoms with Gasteiger partial charge in [0.2, 0.25) is 0 Å². The first-order valence-electron chi connectivity index (χ1n) is 8.37. The van der Waals surface area contributed by atoms with E-state index in [4.69, 9.17) is 0 Å². The predicted molar refractivity (Wildman–Crippen MR) is 88.3 cm³/mol. The first-order chi connectivity index (χ1) is 9.95. The van der Waals surface area contributed by atoms with Crippen molar-refractivity contribution in [2.45, 2.75) is 46.7 Å². The summed E-state index contributed by atoms with van der Waals surface area (Å²) in [4.78, 5) is 9.39. The van der Waals surface area contributed by atoms with Crippen LogP contribution in [-0.4, -0.2) is 52.6 Å². The van der Waals surface area contributed by atoms with Crippen LogP contribution in [0.1, 0.15) is 45.9 Å². The van der Waals surface area contributed by atoms with Gasteiger partial charge in [-0.1, -0.05) is 13.8 Å². The highest BCUT2D eigenvalue weighted by atomic mass is 15.2. The lowest BCUT2D eigenvalue weighted by atomic mass is 10.1. The van der Waals surface area contributed by atoms with Gasteiger partial charge in [-0.2, -0.15) is 0 Å². The number of hydrogen-bond acceptors (Lipinski definition) is 3. The molecule has 1 aromatic rings. The summed E-state index contributed by atoms with van der Waals surface area (Å²) in [5.41, 5.74) is 1.32. The molecule has 0 radical (unpaired) electrons. The Morgan fingerprint density at radius 3 is 2.76 bits per heavy atom. The largest absolute Gasteiger partial charge is 0.331 e. The van der Waals surface area contributed by atoms with Crippen LogP contribution in [0.4, 0.5) is 0 Å². The third-order valence-electron chi connectivity index (χ3n) is 4.30. The topological polar surface area (TPSA) is 24.3 Å². The van der Waals surface area contributed by atoms with Crippen molar-refractivity contribution in [1.29, 1.82) is 0 Å². The predicted octanol–water partition coefficient (Wildman–Crippen LogP) is 2.87. The molecule has 0 spiro atoms. The molecule has 0 saturated carbocycles. The molecule has 1 aliphatic heterocycles. The number of hydrogen-bond donors (Lipinski definition) is 0. The highest BCUT2D eigenvalue weighted by molar-refractivity contribution is 4.99. The number of imidazole rings is 1. The van der Waals surface area contributed by atoms with Gasteiger partial charge in [-0.3, -0.25) is 0 Å². The fraction of sp³-hybridized carbons (Fsp3) is 0.824. The molecule has 1 atom stereocenters. The Morgan fingerprint density at radius 2 is 2.10 bits per heavy atom. The SMILES string of the molecule is CC(C)CN1CC[C@H](CN(C)Cc2cncn2C(C)C)C1. The van der Waals surface area contributed by atoms with E-state index >= 15 is 0 Å². The lowest BCUT2D eigenvalue weighted by Gasteiger charge is -2.23. The average Bonchev–Trinajstić information content (AvgIpc) is 2.98. The van der Waals surface area contributed by atoms with E-state index < -0.39 is 0 Å². The van der Waals surface area contributed by atoms with Crippen molar-refractivity contribution in [2.24, 2.45) is 11.8 Å². The molecule has 0 aliphatic carbocycles. The Bertz CT molecular complexity index is 424. The summed E-state index contributed by atoms with van der Waals surface area (Å²) in [5.74, 6) is 1.60. The number of likely N-dealkylation sites (tertiary alicyclic amines) is 1. The first-order valence-corrected chi connectivity index (χ1v) is 8.37. The van der Waals surface area contributed by atoms with E-state index in [0.29, 0.717) is 6.04 Å². The Labute approximate surface area is 130 Å². The van der Waals surface area contributed by atoms with E-state index in [1.165, 1.54) is 38.3 Å². The molecule has 0 N–H and O–H groups in total. The highest BCUT2D eigenvalue weighted by Crippen LogP contribution is 2.19. The van der Waals surface area contributed by atoms with E-state index in [-0.39, 0.29) is 0 Å². The quantitative estimate of drug-likeness (QED) is 0.772. The second kappa shape index (κ2) is 7.41. The van der Waals surface area contributed by atoms with Crippen LogP contribution < -0.4 is 0 Å². The van der Waals surface area contributed by atoms with Crippen LogP contribution in [0.15, 0.2) is 12.5 Å². The van der Waals surface area contributed by atoms with Crippen LogP contribution in [0.25, 0.3) is 0 Å². The zero-order valence-corrected chi connectivity index (χ0v) is 14.4. The Balaban J connectivity index is 1.80. The molecule has 2 rings (SSSR count). The zero-order chi connectivity index (χ0) is 15.4. The van der Waals surface area contributed by atoms with Crippen LogP contribution in [0.3, 0.4) is 0 Å². The fourth-order valence-corrected chi connectivity index (χ4v) is 3.45. The summed E-state index contributed by atoms with van der Waals surface area (Å²) in [6.45, 7) is 15.0. The smallest absolute Gasteiger partial charge is 0.0951 e. The van der Waals surface area contributed by atoms with Crippen molar-refractivity contribution >= 4 is 0 Å². The van der Waals surface area contributed by atoms with Gasteiger partial charge in [0, 0.05) is 38.4 Å². The normalized spacial score (nSPS) is 20.3. The summed E-state index contributed by atoms with van der Waals surface area (Å²) in [7, 11) is 2.24. The minimum atomic E-state index is 0.490. The molecular weight excluding hydrogens is 260 g/mol. The molecule has 1 fully saturated rings. The summed E-state index contributed by atoms with van der Waals surface area (Å²) < 4.78 is 2.27. The third kappa shape index (κ3) is 4.82. The first kappa shape index (κ1) is 16.5. The lowest BCUT2D eigenvalue weighted by Crippen LogP contribution is -2.30. The molecule has 0 aromatic carbocycles. The van der Waals surface area contributed by atoms with Crippen molar-refractivity contribution in [3.63, 3.8) is 0 Å². The van der Waals surface area contributed by atoms with Crippen molar-refractivity contribution < 1.29 is 0 Å². The van der Waals surface area contributed by atoms with Crippen molar-refractivity contribution in [3.05, 3.63) is 18.2 Å². The molecule has 4 nitrogen and oxygen atoms in total. The van der Waals surface area contributed by atoms with Crippen molar-refractivity contribution in [3.8, 4) is 0 Å². The molecule has 4 heteroatoms. The lowest BCUT2D eigenvalue weighted by molar-refractivity contribution is 0.243. The van der Waals surface area contributed by atoms with E-state index in [9.17, 15) is 0 Å². The van der Waals surface area contributed by atoms with Crippen LogP contribution in [0.5, 0.6) is 0 Å².